The van der Waals surface area contributed by atoms with E-state index in [2.05, 4.69) is 0 Å². The van der Waals surface area contributed by atoms with Crippen molar-refractivity contribution in [3.8, 4) is 0 Å². The minimum atomic E-state index is -3.99. The first kappa shape index (κ1) is 13.2. The topological polar surface area (TPSA) is 71.4 Å². The number of carbonyl (C=O) groups is 1. The van der Waals surface area contributed by atoms with Crippen LogP contribution < -0.4 is 0 Å². The second-order valence-electron chi connectivity index (χ2n) is 2.24. The van der Waals surface area contributed by atoms with Crippen molar-refractivity contribution in [1.82, 2.24) is 0 Å². The number of carboxylic acids is 1. The molecule has 0 aromatic heterocycles. The van der Waals surface area contributed by atoms with Gasteiger partial charge in [0.05, 0.1) is 10.5 Å². The molecular weight excluding hydrogens is 251 g/mol. The maximum Gasteiger partial charge on any atom is 0.337 e. The van der Waals surface area contributed by atoms with Crippen molar-refractivity contribution in [3.05, 3.63) is 29.8 Å². The molecule has 14 heavy (non-hydrogen) atoms. The van der Waals surface area contributed by atoms with Crippen LogP contribution in [-0.2, 0) is 9.05 Å². The number of aromatic carboxylic acids is 1. The van der Waals surface area contributed by atoms with E-state index in [0.29, 0.717) is 0 Å². The summed E-state index contributed by atoms with van der Waals surface area (Å²) in [7, 11) is 1.03. The van der Waals surface area contributed by atoms with E-state index in [1.807, 2.05) is 0 Å². The van der Waals surface area contributed by atoms with Crippen molar-refractivity contribution in [2.24, 2.45) is 0 Å². The van der Waals surface area contributed by atoms with Crippen molar-refractivity contribution >= 4 is 38.1 Å². The van der Waals surface area contributed by atoms with Crippen molar-refractivity contribution in [2.75, 3.05) is 0 Å². The summed E-state index contributed by atoms with van der Waals surface area (Å²) in [6.07, 6.45) is 0. The predicted octanol–water partition coefficient (Wildman–Crippen LogP) is 1.73. The molecule has 0 bridgehead atoms. The van der Waals surface area contributed by atoms with Gasteiger partial charge in [-0.05, 0) is 12.1 Å². The molecule has 1 N–H and O–H groups in total. The van der Waals surface area contributed by atoms with E-state index in [0.717, 1.165) is 6.07 Å². The molecule has 1 aromatic rings. The van der Waals surface area contributed by atoms with E-state index in [9.17, 15) is 13.2 Å². The smallest absolute Gasteiger partial charge is 0.337 e. The highest BCUT2D eigenvalue weighted by molar-refractivity contribution is 8.13. The van der Waals surface area contributed by atoms with Gasteiger partial charge in [0.2, 0.25) is 0 Å². The van der Waals surface area contributed by atoms with Crippen LogP contribution >= 0.6 is 23.1 Å². The third-order valence-corrected chi connectivity index (χ3v) is 2.76. The molecule has 0 fully saturated rings. The average Bonchev–Trinajstić information content (AvgIpc) is 2.03. The first-order valence-electron chi connectivity index (χ1n) is 3.20. The molecule has 1 rings (SSSR count). The summed E-state index contributed by atoms with van der Waals surface area (Å²) in [4.78, 5) is 10.2. The minimum Gasteiger partial charge on any atom is -0.478 e. The van der Waals surface area contributed by atoms with Gasteiger partial charge in [0.25, 0.3) is 9.05 Å². The number of hydrogen-bond donors (Lipinski definition) is 1. The molecule has 1 aromatic carbocycles. The number of carboxylic acid groups (broad SMARTS) is 1. The molecule has 7 heteroatoms. The number of benzene rings is 1. The maximum atomic E-state index is 10.9. The highest BCUT2D eigenvalue weighted by Gasteiger charge is 2.18. The first-order valence-corrected chi connectivity index (χ1v) is 5.51. The van der Waals surface area contributed by atoms with Crippen molar-refractivity contribution < 1.29 is 18.3 Å². The SMILES string of the molecule is Cl.O=C(O)c1ccccc1S(=O)(=O)Cl. The predicted molar refractivity (Wildman–Crippen MR) is 53.7 cm³/mol. The molecular formula is C7H6Cl2O4S. The summed E-state index contributed by atoms with van der Waals surface area (Å²) in [5.74, 6) is -1.32. The molecule has 0 atom stereocenters. The zero-order valence-electron chi connectivity index (χ0n) is 6.68. The lowest BCUT2D eigenvalue weighted by Crippen LogP contribution is -2.03. The molecule has 4 nitrogen and oxygen atoms in total. The number of rotatable bonds is 2. The van der Waals surface area contributed by atoms with Crippen molar-refractivity contribution in [1.29, 1.82) is 0 Å². The summed E-state index contributed by atoms with van der Waals surface area (Å²) in [6.45, 7) is 0. The second-order valence-corrected chi connectivity index (χ2v) is 4.77. The Morgan fingerprint density at radius 1 is 1.29 bits per heavy atom. The fraction of sp³-hybridized carbons (Fsp3) is 0. The van der Waals surface area contributed by atoms with Crippen LogP contribution in [0.15, 0.2) is 29.2 Å². The van der Waals surface area contributed by atoms with Gasteiger partial charge in [-0.3, -0.25) is 0 Å². The third kappa shape index (κ3) is 2.87. The molecule has 0 saturated carbocycles. The van der Waals surface area contributed by atoms with Gasteiger partial charge in [-0.25, -0.2) is 13.2 Å². The quantitative estimate of drug-likeness (QED) is 0.819. The van der Waals surface area contributed by atoms with Gasteiger partial charge >= 0.3 is 5.97 Å². The van der Waals surface area contributed by atoms with Crippen LogP contribution in [0.25, 0.3) is 0 Å². The Morgan fingerprint density at radius 3 is 2.14 bits per heavy atom. The molecule has 0 amide bonds. The minimum absolute atomic E-state index is 0. The highest BCUT2D eigenvalue weighted by atomic mass is 35.7. The van der Waals surface area contributed by atoms with Crippen LogP contribution in [0.4, 0.5) is 0 Å². The Balaban J connectivity index is 0.00000169. The second kappa shape index (κ2) is 4.63. The summed E-state index contributed by atoms with van der Waals surface area (Å²) in [5.41, 5.74) is -0.322. The summed E-state index contributed by atoms with van der Waals surface area (Å²) in [5, 5.41) is 8.61. The summed E-state index contributed by atoms with van der Waals surface area (Å²) >= 11 is 0. The lowest BCUT2D eigenvalue weighted by Gasteiger charge is -1.99. The largest absolute Gasteiger partial charge is 0.478 e. The first-order chi connectivity index (χ1) is 5.93. The highest BCUT2D eigenvalue weighted by Crippen LogP contribution is 2.19. The number of hydrogen-bond acceptors (Lipinski definition) is 3. The fourth-order valence-corrected chi connectivity index (χ4v) is 1.92. The van der Waals surface area contributed by atoms with Gasteiger partial charge in [0.1, 0.15) is 0 Å². The lowest BCUT2D eigenvalue weighted by atomic mass is 10.2. The third-order valence-electron chi connectivity index (χ3n) is 1.38. The number of halogens is 2. The van der Waals surface area contributed by atoms with Gasteiger partial charge in [-0.2, -0.15) is 0 Å². The summed E-state index contributed by atoms with van der Waals surface area (Å²) < 4.78 is 21.7. The monoisotopic (exact) mass is 256 g/mol. The van der Waals surface area contributed by atoms with E-state index in [1.54, 1.807) is 0 Å². The van der Waals surface area contributed by atoms with Crippen molar-refractivity contribution in [2.45, 2.75) is 4.90 Å². The van der Waals surface area contributed by atoms with Crippen LogP contribution in [0.2, 0.25) is 0 Å². The molecule has 78 valence electrons. The van der Waals surface area contributed by atoms with Gasteiger partial charge in [-0.15, -0.1) is 12.4 Å². The molecule has 0 heterocycles. The molecule has 0 aliphatic heterocycles. The standard InChI is InChI=1S/C7H5ClO4S.ClH/c8-13(11,12)6-4-2-1-3-5(6)7(9)10;/h1-4H,(H,9,10);1H. The molecule has 0 radical (unpaired) electrons. The van der Waals surface area contributed by atoms with Crippen LogP contribution in [0.1, 0.15) is 10.4 Å². The average molecular weight is 257 g/mol. The van der Waals surface area contributed by atoms with Gasteiger partial charge in [0, 0.05) is 10.7 Å². The van der Waals surface area contributed by atoms with Gasteiger partial charge in [0.15, 0.2) is 0 Å². The van der Waals surface area contributed by atoms with Gasteiger partial charge in [-0.1, -0.05) is 12.1 Å². The zero-order valence-corrected chi connectivity index (χ0v) is 9.06. The van der Waals surface area contributed by atoms with E-state index in [1.165, 1.54) is 18.2 Å². The van der Waals surface area contributed by atoms with E-state index in [-0.39, 0.29) is 22.9 Å². The molecule has 0 spiro atoms. The normalized spacial score (nSPS) is 10.4. The van der Waals surface area contributed by atoms with E-state index >= 15 is 0 Å². The van der Waals surface area contributed by atoms with Crippen molar-refractivity contribution in [3.63, 3.8) is 0 Å². The molecule has 0 saturated heterocycles. The summed E-state index contributed by atoms with van der Waals surface area (Å²) in [6, 6.07) is 5.15. The Hall–Kier alpha value is -0.780. The Labute approximate surface area is 91.3 Å². The Morgan fingerprint density at radius 2 is 1.79 bits per heavy atom. The molecule has 0 aliphatic rings. The van der Waals surface area contributed by atoms with Gasteiger partial charge < -0.3 is 5.11 Å². The van der Waals surface area contributed by atoms with Crippen LogP contribution in [0, 0.1) is 0 Å². The Kier molecular flexibility index (Phi) is 4.38. The lowest BCUT2D eigenvalue weighted by molar-refractivity contribution is 0.0692. The van der Waals surface area contributed by atoms with Crippen LogP contribution in [0.5, 0.6) is 0 Å². The van der Waals surface area contributed by atoms with E-state index < -0.39 is 15.0 Å². The van der Waals surface area contributed by atoms with Crippen LogP contribution in [0.3, 0.4) is 0 Å². The maximum absolute atomic E-state index is 10.9. The Bertz CT molecular complexity index is 441. The van der Waals surface area contributed by atoms with E-state index in [4.69, 9.17) is 15.8 Å². The molecule has 0 unspecified atom stereocenters. The zero-order chi connectivity index (χ0) is 10.1. The fourth-order valence-electron chi connectivity index (χ4n) is 0.856. The van der Waals surface area contributed by atoms with Crippen LogP contribution in [-0.4, -0.2) is 19.5 Å². The molecule has 0 aliphatic carbocycles.